The number of carbonyl (C=O) groups is 1. The van der Waals surface area contributed by atoms with Crippen LogP contribution in [0.25, 0.3) is 0 Å². The van der Waals surface area contributed by atoms with E-state index in [4.69, 9.17) is 4.74 Å². The van der Waals surface area contributed by atoms with Crippen molar-refractivity contribution in [3.8, 4) is 5.75 Å². The van der Waals surface area contributed by atoms with Gasteiger partial charge in [0.1, 0.15) is 5.75 Å². The van der Waals surface area contributed by atoms with Crippen molar-refractivity contribution in [3.05, 3.63) is 45.9 Å². The van der Waals surface area contributed by atoms with Crippen LogP contribution in [-0.4, -0.2) is 24.0 Å². The largest absolute Gasteiger partial charge is 0.493 e. The number of fused-ring (bicyclic) bond motifs is 1. The SMILES string of the molecule is Cc1ncsc1CCC(=O)NCC1COc2ccccc2C1. The van der Waals surface area contributed by atoms with Crippen LogP contribution in [0, 0.1) is 12.8 Å². The summed E-state index contributed by atoms with van der Waals surface area (Å²) in [5.74, 6) is 1.43. The molecule has 0 radical (unpaired) electrons. The van der Waals surface area contributed by atoms with Crippen LogP contribution in [-0.2, 0) is 17.6 Å². The van der Waals surface area contributed by atoms with Crippen LogP contribution >= 0.6 is 11.3 Å². The van der Waals surface area contributed by atoms with E-state index in [9.17, 15) is 4.79 Å². The van der Waals surface area contributed by atoms with Crippen LogP contribution in [0.3, 0.4) is 0 Å². The molecule has 0 aliphatic carbocycles. The number of aromatic nitrogens is 1. The number of amides is 1. The van der Waals surface area contributed by atoms with E-state index in [0.717, 1.165) is 24.3 Å². The maximum Gasteiger partial charge on any atom is 0.220 e. The van der Waals surface area contributed by atoms with Gasteiger partial charge in [-0.05, 0) is 31.4 Å². The summed E-state index contributed by atoms with van der Waals surface area (Å²) >= 11 is 1.62. The fourth-order valence-corrected chi connectivity index (χ4v) is 3.44. The smallest absolute Gasteiger partial charge is 0.220 e. The molecule has 0 saturated carbocycles. The van der Waals surface area contributed by atoms with E-state index in [0.29, 0.717) is 25.5 Å². The zero-order chi connectivity index (χ0) is 15.4. The molecule has 3 rings (SSSR count). The number of nitrogens with zero attached hydrogens (tertiary/aromatic N) is 1. The van der Waals surface area contributed by atoms with Gasteiger partial charge in [-0.2, -0.15) is 0 Å². The van der Waals surface area contributed by atoms with Gasteiger partial charge in [0.25, 0.3) is 0 Å². The van der Waals surface area contributed by atoms with Crippen LogP contribution in [0.1, 0.15) is 22.6 Å². The summed E-state index contributed by atoms with van der Waals surface area (Å²) in [4.78, 5) is 17.4. The van der Waals surface area contributed by atoms with E-state index >= 15 is 0 Å². The van der Waals surface area contributed by atoms with Crippen molar-refractivity contribution in [3.63, 3.8) is 0 Å². The Hall–Kier alpha value is -1.88. The van der Waals surface area contributed by atoms with Crippen LogP contribution in [0.5, 0.6) is 5.75 Å². The number of benzene rings is 1. The molecule has 4 nitrogen and oxygen atoms in total. The highest BCUT2D eigenvalue weighted by Gasteiger charge is 2.19. The van der Waals surface area contributed by atoms with Crippen LogP contribution in [0.4, 0.5) is 0 Å². The first kappa shape index (κ1) is 15.0. The quantitative estimate of drug-likeness (QED) is 0.923. The van der Waals surface area contributed by atoms with Gasteiger partial charge in [0.05, 0.1) is 17.8 Å². The minimum atomic E-state index is 0.103. The lowest BCUT2D eigenvalue weighted by Crippen LogP contribution is -2.34. The van der Waals surface area contributed by atoms with Crippen molar-refractivity contribution >= 4 is 17.2 Å². The number of thiazole rings is 1. The van der Waals surface area contributed by atoms with Gasteiger partial charge in [0.2, 0.25) is 5.91 Å². The second-order valence-electron chi connectivity index (χ2n) is 5.65. The Labute approximate surface area is 134 Å². The van der Waals surface area contributed by atoms with Crippen molar-refractivity contribution in [2.45, 2.75) is 26.2 Å². The summed E-state index contributed by atoms with van der Waals surface area (Å²) in [6, 6.07) is 8.11. The fourth-order valence-electron chi connectivity index (χ4n) is 2.66. The first-order valence-electron chi connectivity index (χ1n) is 7.58. The molecule has 1 aromatic heterocycles. The Morgan fingerprint density at radius 2 is 2.32 bits per heavy atom. The number of ether oxygens (including phenoxy) is 1. The molecule has 1 aromatic carbocycles. The third-order valence-electron chi connectivity index (χ3n) is 3.97. The monoisotopic (exact) mass is 316 g/mol. The van der Waals surface area contributed by atoms with Crippen molar-refractivity contribution in [2.75, 3.05) is 13.2 Å². The van der Waals surface area contributed by atoms with E-state index in [2.05, 4.69) is 16.4 Å². The highest BCUT2D eigenvalue weighted by atomic mass is 32.1. The molecule has 5 heteroatoms. The standard InChI is InChI=1S/C17H20N2O2S/c1-12-16(22-11-19-12)6-7-17(20)18-9-13-8-14-4-2-3-5-15(14)21-10-13/h2-5,11,13H,6-10H2,1H3,(H,18,20). The van der Waals surface area contributed by atoms with Gasteiger partial charge in [0, 0.05) is 23.8 Å². The average Bonchev–Trinajstić information content (AvgIpc) is 2.96. The lowest BCUT2D eigenvalue weighted by molar-refractivity contribution is -0.121. The molecule has 1 aliphatic rings. The van der Waals surface area contributed by atoms with E-state index < -0.39 is 0 Å². The number of aryl methyl sites for hydroxylation is 2. The summed E-state index contributed by atoms with van der Waals surface area (Å²) in [6.45, 7) is 3.33. The zero-order valence-corrected chi connectivity index (χ0v) is 13.5. The van der Waals surface area contributed by atoms with Gasteiger partial charge < -0.3 is 10.1 Å². The van der Waals surface area contributed by atoms with E-state index in [1.807, 2.05) is 30.6 Å². The summed E-state index contributed by atoms with van der Waals surface area (Å²) in [5.41, 5.74) is 4.10. The first-order chi connectivity index (χ1) is 10.7. The van der Waals surface area contributed by atoms with Crippen molar-refractivity contribution in [2.24, 2.45) is 5.92 Å². The fraction of sp³-hybridized carbons (Fsp3) is 0.412. The highest BCUT2D eigenvalue weighted by molar-refractivity contribution is 7.09. The first-order valence-corrected chi connectivity index (χ1v) is 8.46. The van der Waals surface area contributed by atoms with Gasteiger partial charge in [0.15, 0.2) is 0 Å². The Bertz CT molecular complexity index is 654. The summed E-state index contributed by atoms with van der Waals surface area (Å²) in [6.07, 6.45) is 2.25. The van der Waals surface area contributed by atoms with Gasteiger partial charge in [-0.3, -0.25) is 4.79 Å². The molecule has 1 unspecified atom stereocenters. The van der Waals surface area contributed by atoms with Gasteiger partial charge >= 0.3 is 0 Å². The average molecular weight is 316 g/mol. The third kappa shape index (κ3) is 3.65. The van der Waals surface area contributed by atoms with E-state index in [-0.39, 0.29) is 5.91 Å². The maximum absolute atomic E-state index is 12.0. The number of para-hydroxylation sites is 1. The van der Waals surface area contributed by atoms with Crippen LogP contribution < -0.4 is 10.1 Å². The summed E-state index contributed by atoms with van der Waals surface area (Å²) < 4.78 is 5.75. The molecular weight excluding hydrogens is 296 g/mol. The number of hydrogen-bond donors (Lipinski definition) is 1. The van der Waals surface area contributed by atoms with E-state index in [1.165, 1.54) is 10.4 Å². The Kier molecular flexibility index (Phi) is 4.73. The highest BCUT2D eigenvalue weighted by Crippen LogP contribution is 2.26. The van der Waals surface area contributed by atoms with Gasteiger partial charge in [-0.25, -0.2) is 4.98 Å². The molecule has 1 amide bonds. The number of hydrogen-bond acceptors (Lipinski definition) is 4. The molecule has 0 spiro atoms. The Balaban J connectivity index is 1.43. The molecule has 2 aromatic rings. The van der Waals surface area contributed by atoms with Crippen LogP contribution in [0.2, 0.25) is 0 Å². The normalized spacial score (nSPS) is 16.7. The molecular formula is C17H20N2O2S. The summed E-state index contributed by atoms with van der Waals surface area (Å²) in [7, 11) is 0. The lowest BCUT2D eigenvalue weighted by atomic mass is 9.97. The minimum Gasteiger partial charge on any atom is -0.493 e. The third-order valence-corrected chi connectivity index (χ3v) is 4.96. The Morgan fingerprint density at radius 3 is 3.14 bits per heavy atom. The molecule has 1 atom stereocenters. The molecule has 0 bridgehead atoms. The van der Waals surface area contributed by atoms with Crippen molar-refractivity contribution in [1.29, 1.82) is 0 Å². The van der Waals surface area contributed by atoms with Crippen LogP contribution in [0.15, 0.2) is 29.8 Å². The van der Waals surface area contributed by atoms with Crippen molar-refractivity contribution in [1.82, 2.24) is 10.3 Å². The molecule has 1 N–H and O–H groups in total. The predicted molar refractivity (Wildman–Crippen MR) is 87.3 cm³/mol. The molecule has 0 saturated heterocycles. The van der Waals surface area contributed by atoms with E-state index in [1.54, 1.807) is 11.3 Å². The number of rotatable bonds is 5. The summed E-state index contributed by atoms with van der Waals surface area (Å²) in [5, 5.41) is 3.03. The molecule has 1 aliphatic heterocycles. The second-order valence-corrected chi connectivity index (χ2v) is 6.59. The van der Waals surface area contributed by atoms with Gasteiger partial charge in [-0.15, -0.1) is 11.3 Å². The molecule has 116 valence electrons. The Morgan fingerprint density at radius 1 is 1.45 bits per heavy atom. The maximum atomic E-state index is 12.0. The van der Waals surface area contributed by atoms with Crippen molar-refractivity contribution < 1.29 is 9.53 Å². The zero-order valence-electron chi connectivity index (χ0n) is 12.7. The van der Waals surface area contributed by atoms with Gasteiger partial charge in [-0.1, -0.05) is 18.2 Å². The predicted octanol–water partition coefficient (Wildman–Crippen LogP) is 2.75. The minimum absolute atomic E-state index is 0.103. The topological polar surface area (TPSA) is 51.2 Å². The molecule has 0 fully saturated rings. The number of carbonyl (C=O) groups excluding carboxylic acids is 1. The molecule has 2 heterocycles. The second kappa shape index (κ2) is 6.92. The lowest BCUT2D eigenvalue weighted by Gasteiger charge is -2.25. The molecule has 22 heavy (non-hydrogen) atoms. The number of nitrogens with one attached hydrogen (secondary N) is 1.